The van der Waals surface area contributed by atoms with Crippen molar-refractivity contribution >= 4 is 0 Å². The third-order valence-electron chi connectivity index (χ3n) is 3.94. The van der Waals surface area contributed by atoms with Gasteiger partial charge >= 0.3 is 0 Å². The van der Waals surface area contributed by atoms with Crippen molar-refractivity contribution in [2.24, 2.45) is 5.41 Å². The molecule has 1 rings (SSSR count). The second-order valence-corrected chi connectivity index (χ2v) is 5.90. The van der Waals surface area contributed by atoms with Crippen LogP contribution in [-0.2, 0) is 0 Å². The van der Waals surface area contributed by atoms with Crippen LogP contribution in [0.5, 0.6) is 0 Å². The number of hydrogen-bond acceptors (Lipinski definition) is 3. The molecule has 0 aliphatic carbocycles. The van der Waals surface area contributed by atoms with Gasteiger partial charge in [0.2, 0.25) is 0 Å². The summed E-state index contributed by atoms with van der Waals surface area (Å²) >= 11 is 0. The van der Waals surface area contributed by atoms with E-state index in [4.69, 9.17) is 0 Å². The summed E-state index contributed by atoms with van der Waals surface area (Å²) in [5.74, 6) is 0. The normalized spacial score (nSPS) is 24.2. The first-order valence-electron chi connectivity index (χ1n) is 7.26. The molecule has 0 aromatic carbocycles. The van der Waals surface area contributed by atoms with Crippen molar-refractivity contribution in [3.8, 4) is 0 Å². The van der Waals surface area contributed by atoms with Crippen molar-refractivity contribution in [3.63, 3.8) is 0 Å². The minimum absolute atomic E-state index is 0.389. The topological polar surface area (TPSA) is 27.3 Å². The molecule has 0 aromatic heterocycles. The van der Waals surface area contributed by atoms with Gasteiger partial charge in [0.05, 0.1) is 0 Å². The Balaban J connectivity index is 2.24. The highest BCUT2D eigenvalue weighted by atomic mass is 15.1. The minimum atomic E-state index is 0.389. The Morgan fingerprint density at radius 1 is 1.29 bits per heavy atom. The Hall–Kier alpha value is -0.120. The number of rotatable bonds is 7. The molecule has 2 N–H and O–H groups in total. The van der Waals surface area contributed by atoms with Crippen LogP contribution in [0.1, 0.15) is 40.5 Å². The first kappa shape index (κ1) is 14.9. The number of likely N-dealkylation sites (N-methyl/N-ethyl adjacent to an activating group) is 1. The molecule has 1 aliphatic heterocycles. The highest BCUT2D eigenvalue weighted by Crippen LogP contribution is 2.24. The van der Waals surface area contributed by atoms with Crippen LogP contribution in [0.25, 0.3) is 0 Å². The van der Waals surface area contributed by atoms with E-state index in [9.17, 15) is 0 Å². The Morgan fingerprint density at radius 3 is 2.65 bits per heavy atom. The average molecular weight is 241 g/mol. The standard InChI is InChI=1S/C14H31N3/c1-5-10-17(6-2)11-9-16-13-7-8-15-12-14(13,3)4/h13,15-16H,5-12H2,1-4H3. The summed E-state index contributed by atoms with van der Waals surface area (Å²) in [6, 6.07) is 0.670. The zero-order valence-corrected chi connectivity index (χ0v) is 12.2. The number of hydrogen-bond donors (Lipinski definition) is 2. The van der Waals surface area contributed by atoms with E-state index >= 15 is 0 Å². The van der Waals surface area contributed by atoms with E-state index < -0.39 is 0 Å². The molecule has 3 heteroatoms. The van der Waals surface area contributed by atoms with Crippen LogP contribution in [-0.4, -0.2) is 50.2 Å². The van der Waals surface area contributed by atoms with Crippen LogP contribution in [0.4, 0.5) is 0 Å². The van der Waals surface area contributed by atoms with Gasteiger partial charge in [-0.05, 0) is 37.9 Å². The molecule has 0 saturated carbocycles. The van der Waals surface area contributed by atoms with Crippen LogP contribution in [0, 0.1) is 5.41 Å². The van der Waals surface area contributed by atoms with E-state index in [0.29, 0.717) is 11.5 Å². The summed E-state index contributed by atoms with van der Waals surface area (Å²) in [6.07, 6.45) is 2.51. The van der Waals surface area contributed by atoms with E-state index in [2.05, 4.69) is 43.2 Å². The van der Waals surface area contributed by atoms with Crippen LogP contribution < -0.4 is 10.6 Å². The molecule has 1 aliphatic rings. The van der Waals surface area contributed by atoms with Gasteiger partial charge in [0.15, 0.2) is 0 Å². The maximum absolute atomic E-state index is 3.75. The molecule has 0 radical (unpaired) electrons. The lowest BCUT2D eigenvalue weighted by Gasteiger charge is -2.40. The van der Waals surface area contributed by atoms with Crippen LogP contribution >= 0.6 is 0 Å². The Kier molecular flexibility index (Phi) is 6.45. The third kappa shape index (κ3) is 4.94. The van der Waals surface area contributed by atoms with E-state index in [-0.39, 0.29) is 0 Å². The predicted molar refractivity (Wildman–Crippen MR) is 75.5 cm³/mol. The first-order chi connectivity index (χ1) is 8.10. The largest absolute Gasteiger partial charge is 0.316 e. The fraction of sp³-hybridized carbons (Fsp3) is 1.00. The molecule has 0 amide bonds. The molecule has 17 heavy (non-hydrogen) atoms. The third-order valence-corrected chi connectivity index (χ3v) is 3.94. The smallest absolute Gasteiger partial charge is 0.0143 e. The molecule has 0 bridgehead atoms. The van der Waals surface area contributed by atoms with Crippen LogP contribution in [0.15, 0.2) is 0 Å². The highest BCUT2D eigenvalue weighted by Gasteiger charge is 2.31. The van der Waals surface area contributed by atoms with Gasteiger partial charge in [-0.25, -0.2) is 0 Å². The molecule has 3 nitrogen and oxygen atoms in total. The quantitative estimate of drug-likeness (QED) is 0.710. The van der Waals surface area contributed by atoms with Crippen molar-refractivity contribution in [2.45, 2.75) is 46.6 Å². The summed E-state index contributed by atoms with van der Waals surface area (Å²) in [4.78, 5) is 2.53. The van der Waals surface area contributed by atoms with Crippen LogP contribution in [0.3, 0.4) is 0 Å². The molecular weight excluding hydrogens is 210 g/mol. The molecular formula is C14H31N3. The van der Waals surface area contributed by atoms with Crippen molar-refractivity contribution in [1.29, 1.82) is 0 Å². The van der Waals surface area contributed by atoms with Gasteiger partial charge in [0.25, 0.3) is 0 Å². The minimum Gasteiger partial charge on any atom is -0.316 e. The fourth-order valence-electron chi connectivity index (χ4n) is 2.69. The molecule has 1 atom stereocenters. The van der Waals surface area contributed by atoms with E-state index in [1.807, 2.05) is 0 Å². The summed E-state index contributed by atoms with van der Waals surface area (Å²) in [5, 5.41) is 7.24. The van der Waals surface area contributed by atoms with Crippen molar-refractivity contribution < 1.29 is 0 Å². The zero-order chi connectivity index (χ0) is 12.7. The molecule has 1 unspecified atom stereocenters. The van der Waals surface area contributed by atoms with Gasteiger partial charge in [-0.1, -0.05) is 27.7 Å². The first-order valence-corrected chi connectivity index (χ1v) is 7.26. The summed E-state index contributed by atoms with van der Waals surface area (Å²) in [7, 11) is 0. The molecule has 1 saturated heterocycles. The summed E-state index contributed by atoms with van der Waals surface area (Å²) < 4.78 is 0. The van der Waals surface area contributed by atoms with Crippen molar-refractivity contribution in [1.82, 2.24) is 15.5 Å². The molecule has 1 heterocycles. The predicted octanol–water partition coefficient (Wildman–Crippen LogP) is 1.70. The van der Waals surface area contributed by atoms with Gasteiger partial charge in [0.1, 0.15) is 0 Å². The SMILES string of the molecule is CCCN(CC)CCNC1CCNCC1(C)C. The Bertz CT molecular complexity index is 204. The van der Waals surface area contributed by atoms with Crippen molar-refractivity contribution in [3.05, 3.63) is 0 Å². The monoisotopic (exact) mass is 241 g/mol. The lowest BCUT2D eigenvalue weighted by Crippen LogP contribution is -2.54. The maximum atomic E-state index is 3.75. The van der Waals surface area contributed by atoms with Gasteiger partial charge in [-0.2, -0.15) is 0 Å². The summed E-state index contributed by atoms with van der Waals surface area (Å²) in [5.41, 5.74) is 0.389. The molecule has 0 aromatic rings. The lowest BCUT2D eigenvalue weighted by molar-refractivity contribution is 0.177. The Labute approximate surface area is 107 Å². The van der Waals surface area contributed by atoms with Gasteiger partial charge < -0.3 is 15.5 Å². The van der Waals surface area contributed by atoms with Gasteiger partial charge in [-0.3, -0.25) is 0 Å². The summed E-state index contributed by atoms with van der Waals surface area (Å²) in [6.45, 7) is 16.2. The van der Waals surface area contributed by atoms with Gasteiger partial charge in [0, 0.05) is 25.7 Å². The van der Waals surface area contributed by atoms with E-state index in [1.54, 1.807) is 0 Å². The zero-order valence-electron chi connectivity index (χ0n) is 12.2. The second-order valence-electron chi connectivity index (χ2n) is 5.90. The second kappa shape index (κ2) is 7.34. The van der Waals surface area contributed by atoms with E-state index in [1.165, 1.54) is 32.5 Å². The molecule has 1 fully saturated rings. The number of nitrogens with one attached hydrogen (secondary N) is 2. The van der Waals surface area contributed by atoms with Crippen LogP contribution in [0.2, 0.25) is 0 Å². The maximum Gasteiger partial charge on any atom is 0.0143 e. The molecule has 102 valence electrons. The number of piperidine rings is 1. The van der Waals surface area contributed by atoms with E-state index in [0.717, 1.165) is 19.6 Å². The highest BCUT2D eigenvalue weighted by molar-refractivity contribution is 4.90. The van der Waals surface area contributed by atoms with Gasteiger partial charge in [-0.15, -0.1) is 0 Å². The fourth-order valence-corrected chi connectivity index (χ4v) is 2.69. The Morgan fingerprint density at radius 2 is 2.06 bits per heavy atom. The lowest BCUT2D eigenvalue weighted by atomic mass is 9.80. The number of nitrogens with zero attached hydrogens (tertiary/aromatic N) is 1. The molecule has 0 spiro atoms. The van der Waals surface area contributed by atoms with Crippen molar-refractivity contribution in [2.75, 3.05) is 39.3 Å². The average Bonchev–Trinajstić information content (AvgIpc) is 2.29.